The van der Waals surface area contributed by atoms with Crippen molar-refractivity contribution in [1.29, 1.82) is 0 Å². The highest BCUT2D eigenvalue weighted by atomic mass is 32.1. The van der Waals surface area contributed by atoms with Gasteiger partial charge in [0, 0.05) is 49.5 Å². The normalized spacial score (nSPS) is 11.2. The molecule has 0 radical (unpaired) electrons. The minimum Gasteiger partial charge on any atom is -0.383 e. The zero-order valence-corrected chi connectivity index (χ0v) is 19.9. The first-order valence-electron chi connectivity index (χ1n) is 11.0. The highest BCUT2D eigenvalue weighted by Gasteiger charge is 2.16. The standard InChI is InChI=1S/C26H29N3O3S/c1-20-8-10-22(11-9-20)24-16-29-23(19-33-26(29)27-24)12-13-28(14-15-31-2)25(30)18-32-17-21-6-4-3-5-7-21/h3-11,16,19H,12-15,17-18H2,1-2H3. The lowest BCUT2D eigenvalue weighted by Crippen LogP contribution is -2.38. The summed E-state index contributed by atoms with van der Waals surface area (Å²) in [6.07, 6.45) is 2.81. The monoisotopic (exact) mass is 463 g/mol. The van der Waals surface area contributed by atoms with E-state index in [9.17, 15) is 4.79 Å². The Bertz CT molecular complexity index is 1170. The number of rotatable bonds is 11. The van der Waals surface area contributed by atoms with Crippen LogP contribution in [0.25, 0.3) is 16.2 Å². The largest absolute Gasteiger partial charge is 0.383 e. The molecule has 0 saturated carbocycles. The first-order valence-corrected chi connectivity index (χ1v) is 11.9. The van der Waals surface area contributed by atoms with Gasteiger partial charge in [0.15, 0.2) is 4.96 Å². The molecule has 2 aromatic carbocycles. The van der Waals surface area contributed by atoms with Crippen molar-refractivity contribution in [2.45, 2.75) is 20.0 Å². The molecule has 0 bridgehead atoms. The van der Waals surface area contributed by atoms with Gasteiger partial charge < -0.3 is 14.4 Å². The number of hydrogen-bond donors (Lipinski definition) is 0. The minimum atomic E-state index is -0.0274. The van der Waals surface area contributed by atoms with E-state index in [-0.39, 0.29) is 12.5 Å². The number of hydrogen-bond acceptors (Lipinski definition) is 5. The SMILES string of the molecule is COCCN(CCc1csc2nc(-c3ccc(C)cc3)cn12)C(=O)COCc1ccccc1. The van der Waals surface area contributed by atoms with E-state index in [4.69, 9.17) is 14.5 Å². The Labute approximate surface area is 198 Å². The molecular weight excluding hydrogens is 434 g/mol. The molecule has 4 aromatic rings. The van der Waals surface area contributed by atoms with Crippen LogP contribution >= 0.6 is 11.3 Å². The molecule has 2 aromatic heterocycles. The average Bonchev–Trinajstić information content (AvgIpc) is 3.42. The maximum Gasteiger partial charge on any atom is 0.248 e. The van der Waals surface area contributed by atoms with Crippen LogP contribution in [0.3, 0.4) is 0 Å². The number of thiazole rings is 1. The molecule has 0 saturated heterocycles. The van der Waals surface area contributed by atoms with Gasteiger partial charge in [-0.1, -0.05) is 60.2 Å². The van der Waals surface area contributed by atoms with E-state index < -0.39 is 0 Å². The summed E-state index contributed by atoms with van der Waals surface area (Å²) < 4.78 is 13.0. The van der Waals surface area contributed by atoms with E-state index in [1.54, 1.807) is 18.4 Å². The van der Waals surface area contributed by atoms with Gasteiger partial charge in [0.05, 0.1) is 18.9 Å². The lowest BCUT2D eigenvalue weighted by molar-refractivity contribution is -0.137. The van der Waals surface area contributed by atoms with Crippen molar-refractivity contribution < 1.29 is 14.3 Å². The Morgan fingerprint density at radius 1 is 1.09 bits per heavy atom. The van der Waals surface area contributed by atoms with Gasteiger partial charge in [-0.05, 0) is 12.5 Å². The van der Waals surface area contributed by atoms with Gasteiger partial charge in [0.1, 0.15) is 6.61 Å². The fraction of sp³-hybridized carbons (Fsp3) is 0.308. The van der Waals surface area contributed by atoms with Crippen LogP contribution in [0, 0.1) is 6.92 Å². The molecule has 2 heterocycles. The van der Waals surface area contributed by atoms with Crippen molar-refractivity contribution in [3.8, 4) is 11.3 Å². The van der Waals surface area contributed by atoms with Gasteiger partial charge in [0.25, 0.3) is 0 Å². The number of aryl methyl sites for hydroxylation is 1. The lowest BCUT2D eigenvalue weighted by Gasteiger charge is -2.22. The third-order valence-electron chi connectivity index (χ3n) is 5.52. The zero-order chi connectivity index (χ0) is 23.0. The number of amides is 1. The van der Waals surface area contributed by atoms with Gasteiger partial charge >= 0.3 is 0 Å². The molecule has 0 unspecified atom stereocenters. The molecule has 0 atom stereocenters. The Balaban J connectivity index is 1.38. The van der Waals surface area contributed by atoms with Crippen LogP contribution in [0.4, 0.5) is 0 Å². The highest BCUT2D eigenvalue weighted by Crippen LogP contribution is 2.24. The quantitative estimate of drug-likeness (QED) is 0.326. The van der Waals surface area contributed by atoms with Crippen LogP contribution < -0.4 is 0 Å². The maximum atomic E-state index is 12.8. The van der Waals surface area contributed by atoms with Crippen LogP contribution in [-0.4, -0.2) is 53.6 Å². The molecule has 0 aliphatic carbocycles. The van der Waals surface area contributed by atoms with E-state index in [0.29, 0.717) is 26.3 Å². The number of methoxy groups -OCH3 is 1. The predicted molar refractivity (Wildman–Crippen MR) is 131 cm³/mol. The summed E-state index contributed by atoms with van der Waals surface area (Å²) in [5, 5.41) is 2.12. The topological polar surface area (TPSA) is 56.1 Å². The summed E-state index contributed by atoms with van der Waals surface area (Å²) in [4.78, 5) is 20.4. The van der Waals surface area contributed by atoms with Crippen molar-refractivity contribution in [2.75, 3.05) is 33.4 Å². The summed E-state index contributed by atoms with van der Waals surface area (Å²) in [5.74, 6) is -0.0274. The number of carbonyl (C=O) groups is 1. The first kappa shape index (κ1) is 23.2. The highest BCUT2D eigenvalue weighted by molar-refractivity contribution is 7.15. The van der Waals surface area contributed by atoms with E-state index in [2.05, 4.69) is 47.2 Å². The molecule has 172 valence electrons. The average molecular weight is 464 g/mol. The summed E-state index contributed by atoms with van der Waals surface area (Å²) >= 11 is 1.62. The second-order valence-corrected chi connectivity index (χ2v) is 8.81. The van der Waals surface area contributed by atoms with Gasteiger partial charge in [-0.3, -0.25) is 9.20 Å². The van der Waals surface area contributed by atoms with Crippen LogP contribution in [-0.2, 0) is 27.3 Å². The number of aromatic nitrogens is 2. The van der Waals surface area contributed by atoms with Crippen molar-refractivity contribution in [2.24, 2.45) is 0 Å². The van der Waals surface area contributed by atoms with Crippen LogP contribution in [0.15, 0.2) is 66.2 Å². The van der Waals surface area contributed by atoms with Gasteiger partial charge in [-0.15, -0.1) is 11.3 Å². The molecule has 7 heteroatoms. The van der Waals surface area contributed by atoms with Crippen LogP contribution in [0.2, 0.25) is 0 Å². The fourth-order valence-electron chi connectivity index (χ4n) is 3.61. The van der Waals surface area contributed by atoms with E-state index in [0.717, 1.165) is 33.9 Å². The second-order valence-electron chi connectivity index (χ2n) is 7.97. The Morgan fingerprint density at radius 3 is 2.64 bits per heavy atom. The molecule has 33 heavy (non-hydrogen) atoms. The number of fused-ring (bicyclic) bond motifs is 1. The van der Waals surface area contributed by atoms with Gasteiger partial charge in [-0.25, -0.2) is 4.98 Å². The Morgan fingerprint density at radius 2 is 1.88 bits per heavy atom. The van der Waals surface area contributed by atoms with Gasteiger partial charge in [0.2, 0.25) is 5.91 Å². The van der Waals surface area contributed by atoms with Crippen molar-refractivity contribution in [1.82, 2.24) is 14.3 Å². The van der Waals surface area contributed by atoms with E-state index >= 15 is 0 Å². The van der Waals surface area contributed by atoms with E-state index in [1.165, 1.54) is 5.56 Å². The molecule has 0 spiro atoms. The van der Waals surface area contributed by atoms with E-state index in [1.807, 2.05) is 35.2 Å². The number of imidazole rings is 1. The number of ether oxygens (including phenoxy) is 2. The second kappa shape index (κ2) is 11.2. The number of nitrogens with zero attached hydrogens (tertiary/aromatic N) is 3. The lowest BCUT2D eigenvalue weighted by atomic mass is 10.1. The predicted octanol–water partition coefficient (Wildman–Crippen LogP) is 4.61. The Kier molecular flexibility index (Phi) is 7.88. The summed E-state index contributed by atoms with van der Waals surface area (Å²) in [6, 6.07) is 18.3. The van der Waals surface area contributed by atoms with Crippen molar-refractivity contribution in [3.05, 3.63) is 83.0 Å². The first-order chi connectivity index (χ1) is 16.1. The fourth-order valence-corrected chi connectivity index (χ4v) is 4.51. The molecule has 4 rings (SSSR count). The Hall–Kier alpha value is -3.00. The maximum absolute atomic E-state index is 12.8. The molecule has 0 fully saturated rings. The number of carbonyl (C=O) groups excluding carboxylic acids is 1. The molecular formula is C26H29N3O3S. The van der Waals surface area contributed by atoms with Crippen molar-refractivity contribution >= 4 is 22.2 Å². The third kappa shape index (κ3) is 6.07. The summed E-state index contributed by atoms with van der Waals surface area (Å²) in [7, 11) is 1.65. The summed E-state index contributed by atoms with van der Waals surface area (Å²) in [6.45, 7) is 4.19. The van der Waals surface area contributed by atoms with Crippen molar-refractivity contribution in [3.63, 3.8) is 0 Å². The minimum absolute atomic E-state index is 0.0274. The molecule has 0 N–H and O–H groups in total. The summed E-state index contributed by atoms with van der Waals surface area (Å²) in [5.41, 5.74) is 5.49. The molecule has 6 nitrogen and oxygen atoms in total. The third-order valence-corrected chi connectivity index (χ3v) is 6.41. The zero-order valence-electron chi connectivity index (χ0n) is 19.1. The molecule has 0 aliphatic rings. The van der Waals surface area contributed by atoms with Crippen LogP contribution in [0.1, 0.15) is 16.8 Å². The smallest absolute Gasteiger partial charge is 0.248 e. The van der Waals surface area contributed by atoms with Gasteiger partial charge in [-0.2, -0.15) is 0 Å². The molecule has 1 amide bonds. The van der Waals surface area contributed by atoms with Crippen LogP contribution in [0.5, 0.6) is 0 Å². The molecule has 0 aliphatic heterocycles. The number of benzene rings is 2.